The van der Waals surface area contributed by atoms with E-state index in [1.54, 1.807) is 21.7 Å². The topological polar surface area (TPSA) is 80.1 Å². The summed E-state index contributed by atoms with van der Waals surface area (Å²) in [7, 11) is 0. The molecule has 4 aromatic rings. The van der Waals surface area contributed by atoms with Gasteiger partial charge in [0, 0.05) is 11.9 Å². The maximum absolute atomic E-state index is 13.5. The molecule has 7 nitrogen and oxygen atoms in total. The van der Waals surface area contributed by atoms with Crippen molar-refractivity contribution in [3.63, 3.8) is 0 Å². The summed E-state index contributed by atoms with van der Waals surface area (Å²) in [6.07, 6.45) is 1.63. The lowest BCUT2D eigenvalue weighted by Gasteiger charge is -2.32. The van der Waals surface area contributed by atoms with E-state index in [0.717, 1.165) is 11.2 Å². The van der Waals surface area contributed by atoms with Crippen molar-refractivity contribution < 1.29 is 14.0 Å². The molecular weight excluding hydrogens is 397 g/mol. The Morgan fingerprint density at radius 1 is 1.10 bits per heavy atom. The monoisotopic (exact) mass is 415 g/mol. The van der Waals surface area contributed by atoms with E-state index in [1.165, 1.54) is 18.2 Å². The molecule has 0 aliphatic carbocycles. The van der Waals surface area contributed by atoms with Crippen LogP contribution in [0.25, 0.3) is 11.0 Å². The lowest BCUT2D eigenvalue weighted by Crippen LogP contribution is -2.42. The first-order chi connectivity index (χ1) is 15.1. The minimum atomic E-state index is -0.807. The van der Waals surface area contributed by atoms with E-state index in [9.17, 15) is 14.0 Å². The summed E-state index contributed by atoms with van der Waals surface area (Å²) >= 11 is 0. The van der Waals surface area contributed by atoms with Crippen molar-refractivity contribution in [3.05, 3.63) is 84.4 Å². The smallest absolute Gasteiger partial charge is 0.248 e. The number of aromatic nitrogens is 3. The van der Waals surface area contributed by atoms with Gasteiger partial charge in [0.05, 0.1) is 29.7 Å². The van der Waals surface area contributed by atoms with E-state index in [-0.39, 0.29) is 18.9 Å². The molecule has 31 heavy (non-hydrogen) atoms. The molecule has 0 bridgehead atoms. The molecule has 5 rings (SSSR count). The molecule has 1 unspecified atom stereocenters. The fourth-order valence-electron chi connectivity index (χ4n) is 3.82. The minimum absolute atomic E-state index is 0.0403. The largest absolute Gasteiger partial charge is 0.324 e. The van der Waals surface area contributed by atoms with E-state index >= 15 is 0 Å². The van der Waals surface area contributed by atoms with E-state index < -0.39 is 17.8 Å². The Kier molecular flexibility index (Phi) is 4.66. The number of carbonyl (C=O) groups is 2. The van der Waals surface area contributed by atoms with Gasteiger partial charge in [0.25, 0.3) is 0 Å². The number of imidazole rings is 1. The van der Waals surface area contributed by atoms with Gasteiger partial charge in [-0.3, -0.25) is 24.0 Å². The Morgan fingerprint density at radius 2 is 1.94 bits per heavy atom. The highest BCUT2D eigenvalue weighted by Crippen LogP contribution is 2.35. The molecule has 0 saturated heterocycles. The van der Waals surface area contributed by atoms with Gasteiger partial charge in [0.2, 0.25) is 17.8 Å². The number of hydrogen-bond acceptors (Lipinski definition) is 4. The fourth-order valence-corrected chi connectivity index (χ4v) is 3.82. The zero-order valence-electron chi connectivity index (χ0n) is 16.4. The highest BCUT2D eigenvalue weighted by atomic mass is 19.1. The molecule has 1 aliphatic rings. The summed E-state index contributed by atoms with van der Waals surface area (Å²) in [4.78, 5) is 36.7. The number of benzene rings is 2. The molecule has 1 N–H and O–H groups in total. The number of fused-ring (bicyclic) bond motifs is 3. The van der Waals surface area contributed by atoms with Crippen molar-refractivity contribution in [1.82, 2.24) is 14.5 Å². The van der Waals surface area contributed by atoms with E-state index in [4.69, 9.17) is 0 Å². The van der Waals surface area contributed by atoms with E-state index in [0.29, 0.717) is 17.2 Å². The molecule has 2 aromatic heterocycles. The van der Waals surface area contributed by atoms with Crippen molar-refractivity contribution in [2.24, 2.45) is 0 Å². The number of carbonyl (C=O) groups excluding carboxylic acids is 2. The second kappa shape index (κ2) is 7.64. The van der Waals surface area contributed by atoms with Gasteiger partial charge in [-0.25, -0.2) is 9.37 Å². The number of pyridine rings is 1. The van der Waals surface area contributed by atoms with Crippen LogP contribution in [0.5, 0.6) is 0 Å². The van der Waals surface area contributed by atoms with Crippen molar-refractivity contribution in [2.45, 2.75) is 19.0 Å². The van der Waals surface area contributed by atoms with Gasteiger partial charge in [0.15, 0.2) is 0 Å². The summed E-state index contributed by atoms with van der Waals surface area (Å²) in [5.41, 5.74) is 2.48. The zero-order valence-corrected chi connectivity index (χ0v) is 16.4. The summed E-state index contributed by atoms with van der Waals surface area (Å²) in [6, 6.07) is 17.8. The number of amides is 2. The van der Waals surface area contributed by atoms with E-state index in [1.807, 2.05) is 42.5 Å². The molecule has 0 radical (unpaired) electrons. The Labute approximate surface area is 177 Å². The van der Waals surface area contributed by atoms with Crippen LogP contribution in [0.2, 0.25) is 0 Å². The molecule has 1 atom stereocenters. The lowest BCUT2D eigenvalue weighted by molar-refractivity contribution is -0.126. The van der Waals surface area contributed by atoms with Gasteiger partial charge in [-0.15, -0.1) is 0 Å². The fraction of sp³-hybridized carbons (Fsp3) is 0.130. The molecule has 2 amide bonds. The second-order valence-electron chi connectivity index (χ2n) is 7.29. The molecule has 8 heteroatoms. The van der Waals surface area contributed by atoms with Crippen LogP contribution in [0, 0.1) is 5.82 Å². The molecule has 154 valence electrons. The number of nitrogens with zero attached hydrogens (tertiary/aromatic N) is 4. The third-order valence-electron chi connectivity index (χ3n) is 5.24. The average Bonchev–Trinajstić information content (AvgIpc) is 3.16. The normalized spacial score (nSPS) is 15.7. The Bertz CT molecular complexity index is 1290. The predicted molar refractivity (Wildman–Crippen MR) is 114 cm³/mol. The summed E-state index contributed by atoms with van der Waals surface area (Å²) in [6.45, 7) is 0.251. The number of halogens is 1. The maximum atomic E-state index is 13.5. The molecule has 1 aliphatic heterocycles. The first-order valence-electron chi connectivity index (χ1n) is 9.84. The van der Waals surface area contributed by atoms with Crippen LogP contribution in [-0.4, -0.2) is 26.3 Å². The number of nitrogens with one attached hydrogen (secondary N) is 1. The number of rotatable bonds is 4. The minimum Gasteiger partial charge on any atom is -0.324 e. The van der Waals surface area contributed by atoms with Crippen LogP contribution in [-0.2, 0) is 16.1 Å². The third-order valence-corrected chi connectivity index (χ3v) is 5.24. The van der Waals surface area contributed by atoms with Crippen LogP contribution >= 0.6 is 0 Å². The van der Waals surface area contributed by atoms with Crippen LogP contribution < -0.4 is 10.2 Å². The van der Waals surface area contributed by atoms with Gasteiger partial charge in [-0.1, -0.05) is 24.3 Å². The first kappa shape index (κ1) is 18.9. The predicted octanol–water partition coefficient (Wildman–Crippen LogP) is 3.69. The van der Waals surface area contributed by atoms with Crippen LogP contribution in [0.4, 0.5) is 16.0 Å². The molecule has 0 spiro atoms. The molecule has 2 aromatic carbocycles. The van der Waals surface area contributed by atoms with Gasteiger partial charge in [-0.05, 0) is 42.5 Å². The number of hydrogen-bond donors (Lipinski definition) is 1. The van der Waals surface area contributed by atoms with E-state index in [2.05, 4.69) is 15.3 Å². The van der Waals surface area contributed by atoms with Crippen molar-refractivity contribution in [2.75, 3.05) is 10.2 Å². The highest BCUT2D eigenvalue weighted by Gasteiger charge is 2.37. The summed E-state index contributed by atoms with van der Waals surface area (Å²) < 4.78 is 15.3. The lowest BCUT2D eigenvalue weighted by atomic mass is 10.1. The number of anilines is 2. The molecule has 3 heterocycles. The van der Waals surface area contributed by atoms with Gasteiger partial charge >= 0.3 is 0 Å². The Balaban J connectivity index is 1.55. The van der Waals surface area contributed by atoms with Gasteiger partial charge in [-0.2, -0.15) is 0 Å². The van der Waals surface area contributed by atoms with Crippen LogP contribution in [0.15, 0.2) is 72.9 Å². The quantitative estimate of drug-likeness (QED) is 0.551. The highest BCUT2D eigenvalue weighted by molar-refractivity contribution is 6.03. The zero-order chi connectivity index (χ0) is 21.4. The van der Waals surface area contributed by atoms with Crippen LogP contribution in [0.1, 0.15) is 18.2 Å². The van der Waals surface area contributed by atoms with Crippen LogP contribution in [0.3, 0.4) is 0 Å². The van der Waals surface area contributed by atoms with Crippen molar-refractivity contribution in [3.8, 4) is 0 Å². The molecule has 0 fully saturated rings. The van der Waals surface area contributed by atoms with Gasteiger partial charge in [0.1, 0.15) is 11.9 Å². The SMILES string of the molecule is O=C(Nc1cccc(F)c1)C1CC(=O)N(Cc2ccccn2)c2nc3ccccc3n21. The third kappa shape index (κ3) is 3.52. The molecular formula is C23H18FN5O2. The Morgan fingerprint density at radius 3 is 2.74 bits per heavy atom. The van der Waals surface area contributed by atoms with Crippen molar-refractivity contribution in [1.29, 1.82) is 0 Å². The van der Waals surface area contributed by atoms with Gasteiger partial charge < -0.3 is 5.32 Å². The number of para-hydroxylation sites is 2. The average molecular weight is 415 g/mol. The summed E-state index contributed by atoms with van der Waals surface area (Å²) in [5, 5.41) is 2.72. The second-order valence-corrected chi connectivity index (χ2v) is 7.29. The Hall–Kier alpha value is -4.07. The maximum Gasteiger partial charge on any atom is 0.248 e. The van der Waals surface area contributed by atoms with Crippen molar-refractivity contribution >= 4 is 34.5 Å². The summed E-state index contributed by atoms with van der Waals surface area (Å²) in [5.74, 6) is -0.691. The molecule has 0 saturated carbocycles. The standard InChI is InChI=1S/C23H18FN5O2/c24-15-6-5-8-16(12-15)26-22(31)20-13-21(30)28(14-17-7-3-4-11-25-17)23-27-18-9-1-2-10-19(18)29(20)23/h1-12,20H,13-14H2,(H,26,31). The first-order valence-corrected chi connectivity index (χ1v) is 9.84.